The summed E-state index contributed by atoms with van der Waals surface area (Å²) in [5, 5.41) is 3.85. The zero-order valence-corrected chi connectivity index (χ0v) is 15.5. The number of hydrogen-bond acceptors (Lipinski definition) is 4. The summed E-state index contributed by atoms with van der Waals surface area (Å²) < 4.78 is 0. The minimum Gasteiger partial charge on any atom is -0.363 e. The number of likely N-dealkylation sites (tertiary alicyclic amines) is 1. The lowest BCUT2D eigenvalue weighted by molar-refractivity contribution is 0.231. The summed E-state index contributed by atoms with van der Waals surface area (Å²) >= 11 is 2.11. The van der Waals surface area contributed by atoms with Crippen LogP contribution in [0.4, 0.5) is 0 Å². The first-order valence-electron chi connectivity index (χ1n) is 9.89. The van der Waals surface area contributed by atoms with E-state index in [9.17, 15) is 0 Å². The Hall–Kier alpha value is -0.190. The fourth-order valence-corrected chi connectivity index (χ4v) is 6.04. The zero-order valence-electron chi connectivity index (χ0n) is 14.7. The van der Waals surface area contributed by atoms with Crippen molar-refractivity contribution in [3.8, 4) is 0 Å². The maximum atomic E-state index is 3.85. The molecule has 1 N–H and O–H groups in total. The lowest BCUT2D eigenvalue weighted by Gasteiger charge is -2.30. The lowest BCUT2D eigenvalue weighted by atomic mass is 9.87. The summed E-state index contributed by atoms with van der Waals surface area (Å²) in [6.07, 6.45) is 11.5. The lowest BCUT2D eigenvalue weighted by Crippen LogP contribution is -2.41. The van der Waals surface area contributed by atoms with Crippen LogP contribution in [0.2, 0.25) is 0 Å². The van der Waals surface area contributed by atoms with Crippen LogP contribution in [0.5, 0.6) is 0 Å². The second-order valence-corrected chi connectivity index (χ2v) is 9.40. The van der Waals surface area contributed by atoms with E-state index in [-0.39, 0.29) is 0 Å². The highest BCUT2D eigenvalue weighted by Gasteiger charge is 2.34. The quantitative estimate of drug-likeness (QED) is 0.841. The van der Waals surface area contributed by atoms with Gasteiger partial charge >= 0.3 is 0 Å². The first kappa shape index (κ1) is 16.3. The molecule has 0 aromatic heterocycles. The second kappa shape index (κ2) is 7.37. The van der Waals surface area contributed by atoms with Crippen LogP contribution < -0.4 is 5.32 Å². The van der Waals surface area contributed by atoms with Crippen molar-refractivity contribution < 1.29 is 0 Å². The number of nitrogens with one attached hydrogen (secondary N) is 1. The van der Waals surface area contributed by atoms with Gasteiger partial charge in [-0.3, -0.25) is 9.80 Å². The van der Waals surface area contributed by atoms with E-state index in [2.05, 4.69) is 33.8 Å². The maximum Gasteiger partial charge on any atom is 0.132 e. The van der Waals surface area contributed by atoms with Gasteiger partial charge < -0.3 is 5.32 Å². The molecule has 130 valence electrons. The predicted molar refractivity (Wildman–Crippen MR) is 99.1 cm³/mol. The van der Waals surface area contributed by atoms with Crippen molar-refractivity contribution in [2.45, 2.75) is 63.8 Å². The van der Waals surface area contributed by atoms with Gasteiger partial charge in [0.25, 0.3) is 0 Å². The van der Waals surface area contributed by atoms with E-state index in [1.54, 1.807) is 10.6 Å². The van der Waals surface area contributed by atoms with Gasteiger partial charge in [0, 0.05) is 36.8 Å². The molecule has 2 unspecified atom stereocenters. The fourth-order valence-electron chi connectivity index (χ4n) is 4.75. The topological polar surface area (TPSA) is 18.5 Å². The molecular weight excluding hydrogens is 302 g/mol. The molecule has 0 amide bonds. The van der Waals surface area contributed by atoms with Gasteiger partial charge in [-0.05, 0) is 37.6 Å². The van der Waals surface area contributed by atoms with Gasteiger partial charge in [0.05, 0.1) is 0 Å². The molecule has 0 bridgehead atoms. The van der Waals surface area contributed by atoms with E-state index in [1.165, 1.54) is 84.1 Å². The van der Waals surface area contributed by atoms with E-state index in [1.807, 2.05) is 0 Å². The van der Waals surface area contributed by atoms with Crippen molar-refractivity contribution in [3.05, 3.63) is 10.6 Å². The molecule has 1 saturated carbocycles. The van der Waals surface area contributed by atoms with Crippen molar-refractivity contribution in [2.24, 2.45) is 11.8 Å². The molecule has 3 aliphatic heterocycles. The Bertz CT molecular complexity index is 444. The summed E-state index contributed by atoms with van der Waals surface area (Å²) in [6, 6.07) is 0. The third kappa shape index (κ3) is 3.91. The molecule has 2 fully saturated rings. The van der Waals surface area contributed by atoms with Crippen LogP contribution >= 0.6 is 11.8 Å². The largest absolute Gasteiger partial charge is 0.363 e. The number of hydrogen-bond donors (Lipinski definition) is 1. The van der Waals surface area contributed by atoms with Gasteiger partial charge in [-0.1, -0.05) is 50.8 Å². The smallest absolute Gasteiger partial charge is 0.132 e. The molecule has 0 radical (unpaired) electrons. The molecule has 4 heteroatoms. The molecule has 1 aliphatic carbocycles. The predicted octanol–water partition coefficient (Wildman–Crippen LogP) is 3.84. The van der Waals surface area contributed by atoms with Crippen molar-refractivity contribution in [1.29, 1.82) is 0 Å². The molecule has 2 atom stereocenters. The van der Waals surface area contributed by atoms with Crippen LogP contribution in [0, 0.1) is 11.8 Å². The van der Waals surface area contributed by atoms with Gasteiger partial charge in [0.1, 0.15) is 5.50 Å². The maximum absolute atomic E-state index is 3.85. The zero-order chi connectivity index (χ0) is 15.6. The minimum atomic E-state index is 0.531. The second-order valence-electron chi connectivity index (χ2n) is 8.22. The van der Waals surface area contributed by atoms with E-state index in [0.29, 0.717) is 5.50 Å². The van der Waals surface area contributed by atoms with Gasteiger partial charge in [0.15, 0.2) is 0 Å². The Morgan fingerprint density at radius 3 is 2.78 bits per heavy atom. The third-order valence-electron chi connectivity index (χ3n) is 6.29. The summed E-state index contributed by atoms with van der Waals surface area (Å²) in [6.45, 7) is 8.71. The minimum absolute atomic E-state index is 0.531. The summed E-state index contributed by atoms with van der Waals surface area (Å²) in [4.78, 5) is 7.01. The average Bonchev–Trinajstić information content (AvgIpc) is 3.19. The number of nitrogens with zero attached hydrogens (tertiary/aromatic N) is 2. The molecule has 23 heavy (non-hydrogen) atoms. The molecule has 4 aliphatic rings. The van der Waals surface area contributed by atoms with Gasteiger partial charge in [-0.15, -0.1) is 0 Å². The Balaban J connectivity index is 1.24. The highest BCUT2D eigenvalue weighted by Crippen LogP contribution is 2.39. The monoisotopic (exact) mass is 335 g/mol. The van der Waals surface area contributed by atoms with Crippen LogP contribution in [-0.2, 0) is 0 Å². The van der Waals surface area contributed by atoms with E-state index in [0.717, 1.165) is 11.8 Å². The Morgan fingerprint density at radius 1 is 1.13 bits per heavy atom. The van der Waals surface area contributed by atoms with Crippen molar-refractivity contribution >= 4 is 11.8 Å². The highest BCUT2D eigenvalue weighted by atomic mass is 32.2. The van der Waals surface area contributed by atoms with E-state index < -0.39 is 0 Å². The summed E-state index contributed by atoms with van der Waals surface area (Å²) in [5.41, 5.74) is 2.08. The molecule has 0 aromatic rings. The molecular formula is C19H33N3S. The number of rotatable bonds is 4. The Labute approximate surface area is 146 Å². The van der Waals surface area contributed by atoms with Crippen molar-refractivity contribution in [3.63, 3.8) is 0 Å². The van der Waals surface area contributed by atoms with Crippen LogP contribution in [0.3, 0.4) is 0 Å². The normalized spacial score (nSPS) is 34.0. The fraction of sp³-hybridized carbons (Fsp3) is 0.895. The first-order chi connectivity index (χ1) is 11.3. The van der Waals surface area contributed by atoms with Gasteiger partial charge in [-0.2, -0.15) is 0 Å². The Morgan fingerprint density at radius 2 is 2.00 bits per heavy atom. The van der Waals surface area contributed by atoms with Crippen molar-refractivity contribution in [2.75, 3.05) is 32.7 Å². The first-order valence-corrected chi connectivity index (χ1v) is 10.8. The molecule has 3 nitrogen and oxygen atoms in total. The highest BCUT2D eigenvalue weighted by molar-refractivity contribution is 8.03. The standard InChI is InChI=1S/C19H33N3S/c1-15-7-12-22(13-15)19-20-17-14-21(11-9-18(17)23-19)10-8-16-5-3-2-4-6-16/h15-16,19-20H,2-14H2,1H3. The Kier molecular flexibility index (Phi) is 5.22. The third-order valence-corrected chi connectivity index (χ3v) is 7.66. The van der Waals surface area contributed by atoms with E-state index in [4.69, 9.17) is 0 Å². The summed E-state index contributed by atoms with van der Waals surface area (Å²) in [7, 11) is 0. The van der Waals surface area contributed by atoms with Crippen LogP contribution in [-0.4, -0.2) is 48.0 Å². The number of thioether (sulfide) groups is 1. The van der Waals surface area contributed by atoms with Crippen LogP contribution in [0.15, 0.2) is 10.6 Å². The molecule has 3 heterocycles. The average molecular weight is 336 g/mol. The molecule has 0 aromatic carbocycles. The molecule has 4 rings (SSSR count). The molecule has 1 saturated heterocycles. The van der Waals surface area contributed by atoms with Crippen LogP contribution in [0.1, 0.15) is 58.3 Å². The van der Waals surface area contributed by atoms with Crippen LogP contribution in [0.25, 0.3) is 0 Å². The molecule has 0 spiro atoms. The SMILES string of the molecule is CC1CCN(C2NC3=C(CCN(CCC4CCCCC4)C3)S2)C1. The summed E-state index contributed by atoms with van der Waals surface area (Å²) in [5.74, 6) is 1.89. The van der Waals surface area contributed by atoms with Gasteiger partial charge in [0.2, 0.25) is 0 Å². The van der Waals surface area contributed by atoms with E-state index >= 15 is 0 Å². The van der Waals surface area contributed by atoms with Gasteiger partial charge in [-0.25, -0.2) is 0 Å². The van der Waals surface area contributed by atoms with Crippen molar-refractivity contribution in [1.82, 2.24) is 15.1 Å².